The Bertz CT molecular complexity index is 829. The highest BCUT2D eigenvalue weighted by molar-refractivity contribution is 6.29. The maximum atomic E-state index is 13.6. The lowest BCUT2D eigenvalue weighted by molar-refractivity contribution is 0.548. The Labute approximate surface area is 124 Å². The summed E-state index contributed by atoms with van der Waals surface area (Å²) in [7, 11) is 0. The van der Waals surface area contributed by atoms with Crippen molar-refractivity contribution in [3.05, 3.63) is 64.6 Å². The molecule has 3 nitrogen and oxygen atoms in total. The van der Waals surface area contributed by atoms with Crippen LogP contribution in [0.2, 0.25) is 5.15 Å². The van der Waals surface area contributed by atoms with Crippen LogP contribution >= 0.6 is 11.6 Å². The molecule has 1 aliphatic carbocycles. The van der Waals surface area contributed by atoms with Crippen molar-refractivity contribution in [1.29, 1.82) is 0 Å². The lowest BCUT2D eigenvalue weighted by Crippen LogP contribution is -1.99. The molecule has 1 aliphatic rings. The highest BCUT2D eigenvalue weighted by Gasteiger charge is 2.41. The van der Waals surface area contributed by atoms with E-state index in [0.29, 0.717) is 5.65 Å². The highest BCUT2D eigenvalue weighted by Crippen LogP contribution is 2.55. The third-order valence-corrected chi connectivity index (χ3v) is 4.10. The van der Waals surface area contributed by atoms with Crippen molar-refractivity contribution >= 4 is 17.2 Å². The molecule has 2 atom stereocenters. The van der Waals surface area contributed by atoms with E-state index in [2.05, 4.69) is 10.1 Å². The Morgan fingerprint density at radius 3 is 2.67 bits per heavy atom. The zero-order valence-electron chi connectivity index (χ0n) is 10.8. The fourth-order valence-electron chi connectivity index (χ4n) is 2.82. The molecule has 1 saturated carbocycles. The van der Waals surface area contributed by atoms with Crippen LogP contribution in [0.15, 0.2) is 36.5 Å². The third-order valence-electron chi connectivity index (χ3n) is 3.91. The first-order valence-electron chi connectivity index (χ1n) is 6.58. The minimum Gasteiger partial charge on any atom is -0.232 e. The van der Waals surface area contributed by atoms with E-state index in [0.717, 1.165) is 28.3 Å². The van der Waals surface area contributed by atoms with Gasteiger partial charge >= 0.3 is 0 Å². The molecule has 0 N–H and O–H groups in total. The van der Waals surface area contributed by atoms with Crippen molar-refractivity contribution in [2.24, 2.45) is 0 Å². The normalized spacial score (nSPS) is 20.9. The van der Waals surface area contributed by atoms with E-state index >= 15 is 0 Å². The van der Waals surface area contributed by atoms with Gasteiger partial charge in [-0.3, -0.25) is 0 Å². The summed E-state index contributed by atoms with van der Waals surface area (Å²) < 4.78 is 27.7. The number of rotatable bonds is 2. The highest BCUT2D eigenvalue weighted by atomic mass is 35.5. The van der Waals surface area contributed by atoms with Crippen molar-refractivity contribution < 1.29 is 8.78 Å². The molecule has 0 saturated heterocycles. The predicted molar refractivity (Wildman–Crippen MR) is 74.5 cm³/mol. The molecule has 0 aliphatic heterocycles. The molecule has 4 rings (SSSR count). The van der Waals surface area contributed by atoms with Gasteiger partial charge in [0.1, 0.15) is 5.82 Å². The van der Waals surface area contributed by atoms with E-state index < -0.39 is 5.95 Å². The molecule has 1 fully saturated rings. The van der Waals surface area contributed by atoms with Gasteiger partial charge in [-0.05, 0) is 42.0 Å². The van der Waals surface area contributed by atoms with Gasteiger partial charge in [-0.2, -0.15) is 14.0 Å². The van der Waals surface area contributed by atoms with Crippen LogP contribution in [0.5, 0.6) is 0 Å². The number of nitrogens with zero attached hydrogens (tertiary/aromatic N) is 3. The SMILES string of the molecule is Fc1ccc([C@H]2C[C@@H]2c2cc(Cl)nn3c(F)cnc23)cc1. The summed E-state index contributed by atoms with van der Waals surface area (Å²) in [6.45, 7) is 0. The maximum Gasteiger partial charge on any atom is 0.234 e. The Balaban J connectivity index is 1.74. The van der Waals surface area contributed by atoms with Gasteiger partial charge in [0, 0.05) is 5.56 Å². The number of halogens is 3. The van der Waals surface area contributed by atoms with Crippen LogP contribution in [-0.2, 0) is 0 Å². The molecule has 3 aromatic rings. The molecule has 2 aromatic heterocycles. The third kappa shape index (κ3) is 2.08. The standard InChI is InChI=1S/C15H10ClF2N3/c16-13-6-12(15-19-7-14(18)21(15)20-13)11-5-10(11)8-1-3-9(17)4-2-8/h1-4,6-7,10-11H,5H2/t10-,11+/m1/s1. The topological polar surface area (TPSA) is 30.2 Å². The summed E-state index contributed by atoms with van der Waals surface area (Å²) in [4.78, 5) is 4.07. The van der Waals surface area contributed by atoms with E-state index in [1.54, 1.807) is 18.2 Å². The second-order valence-electron chi connectivity index (χ2n) is 5.24. The number of benzene rings is 1. The summed E-state index contributed by atoms with van der Waals surface area (Å²) in [6.07, 6.45) is 2.05. The van der Waals surface area contributed by atoms with Crippen LogP contribution in [0, 0.1) is 11.8 Å². The largest absolute Gasteiger partial charge is 0.234 e. The van der Waals surface area contributed by atoms with Crippen molar-refractivity contribution in [1.82, 2.24) is 14.6 Å². The summed E-state index contributed by atoms with van der Waals surface area (Å²) in [5.74, 6) is -0.291. The van der Waals surface area contributed by atoms with Crippen LogP contribution in [0.3, 0.4) is 0 Å². The summed E-state index contributed by atoms with van der Waals surface area (Å²) in [5.41, 5.74) is 2.44. The van der Waals surface area contributed by atoms with Gasteiger partial charge in [0.15, 0.2) is 10.8 Å². The molecule has 0 amide bonds. The van der Waals surface area contributed by atoms with Gasteiger partial charge in [-0.1, -0.05) is 23.7 Å². The van der Waals surface area contributed by atoms with Crippen LogP contribution in [0.25, 0.3) is 5.65 Å². The first kappa shape index (κ1) is 12.7. The van der Waals surface area contributed by atoms with Crippen molar-refractivity contribution in [3.63, 3.8) is 0 Å². The second kappa shape index (κ2) is 4.49. The van der Waals surface area contributed by atoms with Crippen LogP contribution in [0.1, 0.15) is 29.4 Å². The van der Waals surface area contributed by atoms with Crippen LogP contribution in [-0.4, -0.2) is 14.6 Å². The summed E-state index contributed by atoms with van der Waals surface area (Å²) in [6, 6.07) is 8.21. The van der Waals surface area contributed by atoms with Crippen LogP contribution in [0.4, 0.5) is 8.78 Å². The van der Waals surface area contributed by atoms with Gasteiger partial charge in [0.2, 0.25) is 5.95 Å². The number of imidazole rings is 1. The molecule has 0 radical (unpaired) electrons. The van der Waals surface area contributed by atoms with Crippen molar-refractivity contribution in [2.45, 2.75) is 18.3 Å². The molecule has 106 valence electrons. The average Bonchev–Trinajstić information content (AvgIpc) is 3.18. The van der Waals surface area contributed by atoms with Crippen molar-refractivity contribution in [3.8, 4) is 0 Å². The minimum absolute atomic E-state index is 0.209. The van der Waals surface area contributed by atoms with Crippen molar-refractivity contribution in [2.75, 3.05) is 0 Å². The Hall–Kier alpha value is -2.01. The number of fused-ring (bicyclic) bond motifs is 1. The quantitative estimate of drug-likeness (QED) is 0.718. The molecule has 21 heavy (non-hydrogen) atoms. The average molecular weight is 306 g/mol. The van der Waals surface area contributed by atoms with Crippen LogP contribution < -0.4 is 0 Å². The van der Waals surface area contributed by atoms with E-state index in [1.165, 1.54) is 12.1 Å². The molecule has 2 heterocycles. The number of hydrogen-bond acceptors (Lipinski definition) is 2. The fraction of sp³-hybridized carbons (Fsp3) is 0.200. The zero-order chi connectivity index (χ0) is 14.6. The Morgan fingerprint density at radius 1 is 1.14 bits per heavy atom. The molecule has 6 heteroatoms. The molecule has 0 unspecified atom stereocenters. The Kier molecular flexibility index (Phi) is 2.72. The molecular formula is C15H10ClF2N3. The lowest BCUT2D eigenvalue weighted by Gasteiger charge is -2.04. The van der Waals surface area contributed by atoms with Gasteiger partial charge in [0.05, 0.1) is 6.20 Å². The number of hydrogen-bond donors (Lipinski definition) is 0. The smallest absolute Gasteiger partial charge is 0.232 e. The maximum absolute atomic E-state index is 13.6. The summed E-state index contributed by atoms with van der Waals surface area (Å²) >= 11 is 5.96. The van der Waals surface area contributed by atoms with E-state index in [4.69, 9.17) is 11.6 Å². The first-order chi connectivity index (χ1) is 10.1. The molecule has 0 spiro atoms. The fourth-order valence-corrected chi connectivity index (χ4v) is 3.02. The predicted octanol–water partition coefficient (Wildman–Crippen LogP) is 3.93. The first-order valence-corrected chi connectivity index (χ1v) is 6.96. The molecular weight excluding hydrogens is 296 g/mol. The van der Waals surface area contributed by atoms with E-state index in [-0.39, 0.29) is 22.8 Å². The molecule has 1 aromatic carbocycles. The monoisotopic (exact) mass is 305 g/mol. The van der Waals surface area contributed by atoms with Gasteiger partial charge in [0.25, 0.3) is 0 Å². The summed E-state index contributed by atoms with van der Waals surface area (Å²) in [5, 5.41) is 4.15. The van der Waals surface area contributed by atoms with Gasteiger partial charge < -0.3 is 0 Å². The minimum atomic E-state index is -0.535. The van der Waals surface area contributed by atoms with Gasteiger partial charge in [-0.25, -0.2) is 9.37 Å². The second-order valence-corrected chi connectivity index (χ2v) is 5.63. The molecule has 0 bridgehead atoms. The number of aromatic nitrogens is 3. The Morgan fingerprint density at radius 2 is 1.90 bits per heavy atom. The van der Waals surface area contributed by atoms with E-state index in [9.17, 15) is 8.78 Å². The zero-order valence-corrected chi connectivity index (χ0v) is 11.6. The lowest BCUT2D eigenvalue weighted by atomic mass is 10.1. The van der Waals surface area contributed by atoms with Gasteiger partial charge in [-0.15, -0.1) is 0 Å². The van der Waals surface area contributed by atoms with E-state index in [1.807, 2.05) is 0 Å².